The van der Waals surface area contributed by atoms with Crippen molar-refractivity contribution < 1.29 is 23.1 Å². The van der Waals surface area contributed by atoms with Crippen molar-refractivity contribution in [2.75, 3.05) is 19.6 Å². The van der Waals surface area contributed by atoms with Crippen molar-refractivity contribution in [2.24, 2.45) is 0 Å². The lowest BCUT2D eigenvalue weighted by Gasteiger charge is -2.21. The van der Waals surface area contributed by atoms with E-state index in [-0.39, 0.29) is 23.5 Å². The van der Waals surface area contributed by atoms with Crippen molar-refractivity contribution in [3.63, 3.8) is 0 Å². The molecule has 0 unspecified atom stereocenters. The van der Waals surface area contributed by atoms with Crippen LogP contribution in [0.4, 0.5) is 0 Å². The third kappa shape index (κ3) is 5.04. The maximum atomic E-state index is 12.6. The standard InChI is InChI=1S/C15H22N2O5S/c1-4-8-17(10-14(18)19)15(20)13-9-12(7-6-11(13)3)23(21,22)16-5-2/h6-7,9,16H,4-5,8,10H2,1-3H3,(H,18,19). The smallest absolute Gasteiger partial charge is 0.323 e. The number of benzene rings is 1. The second-order valence-electron chi connectivity index (χ2n) is 5.10. The van der Waals surface area contributed by atoms with E-state index in [4.69, 9.17) is 5.11 Å². The summed E-state index contributed by atoms with van der Waals surface area (Å²) < 4.78 is 26.5. The number of nitrogens with zero attached hydrogens (tertiary/aromatic N) is 1. The van der Waals surface area contributed by atoms with Gasteiger partial charge in [0.1, 0.15) is 6.54 Å². The molecule has 0 saturated heterocycles. The summed E-state index contributed by atoms with van der Waals surface area (Å²) >= 11 is 0. The first kappa shape index (κ1) is 19.1. The molecule has 0 spiro atoms. The van der Waals surface area contributed by atoms with Gasteiger partial charge < -0.3 is 10.0 Å². The number of carbonyl (C=O) groups excluding carboxylic acids is 1. The number of hydrogen-bond donors (Lipinski definition) is 2. The summed E-state index contributed by atoms with van der Waals surface area (Å²) in [6.45, 7) is 5.28. The lowest BCUT2D eigenvalue weighted by molar-refractivity contribution is -0.137. The van der Waals surface area contributed by atoms with E-state index in [1.165, 1.54) is 17.0 Å². The van der Waals surface area contributed by atoms with Crippen molar-refractivity contribution in [2.45, 2.75) is 32.1 Å². The molecule has 0 aliphatic heterocycles. The van der Waals surface area contributed by atoms with E-state index in [1.54, 1.807) is 19.9 Å². The van der Waals surface area contributed by atoms with Crippen LogP contribution in [-0.2, 0) is 14.8 Å². The van der Waals surface area contributed by atoms with Crippen LogP contribution in [0.15, 0.2) is 23.1 Å². The van der Waals surface area contributed by atoms with Gasteiger partial charge in [-0.25, -0.2) is 13.1 Å². The van der Waals surface area contributed by atoms with Crippen LogP contribution in [0.2, 0.25) is 0 Å². The van der Waals surface area contributed by atoms with Crippen LogP contribution in [0, 0.1) is 6.92 Å². The highest BCUT2D eigenvalue weighted by atomic mass is 32.2. The van der Waals surface area contributed by atoms with E-state index in [1.807, 2.05) is 6.92 Å². The van der Waals surface area contributed by atoms with Gasteiger partial charge in [0, 0.05) is 18.7 Å². The topological polar surface area (TPSA) is 104 Å². The van der Waals surface area contributed by atoms with Crippen molar-refractivity contribution in [3.05, 3.63) is 29.3 Å². The third-order valence-corrected chi connectivity index (χ3v) is 4.73. The molecule has 1 aromatic rings. The van der Waals surface area contributed by atoms with E-state index in [0.717, 1.165) is 0 Å². The maximum absolute atomic E-state index is 12.6. The Morgan fingerprint density at radius 3 is 2.43 bits per heavy atom. The van der Waals surface area contributed by atoms with Crippen LogP contribution >= 0.6 is 0 Å². The highest BCUT2D eigenvalue weighted by Gasteiger charge is 2.22. The average molecular weight is 342 g/mol. The number of carboxylic acids is 1. The molecule has 0 aliphatic rings. The number of aryl methyl sites for hydroxylation is 1. The molecule has 128 valence electrons. The molecule has 8 heteroatoms. The highest BCUT2D eigenvalue weighted by Crippen LogP contribution is 2.17. The van der Waals surface area contributed by atoms with Crippen molar-refractivity contribution >= 4 is 21.9 Å². The summed E-state index contributed by atoms with van der Waals surface area (Å²) in [5.74, 6) is -1.60. The molecule has 0 aromatic heterocycles. The number of carbonyl (C=O) groups is 2. The van der Waals surface area contributed by atoms with Crippen LogP contribution in [0.3, 0.4) is 0 Å². The second kappa shape index (κ2) is 8.07. The number of nitrogens with one attached hydrogen (secondary N) is 1. The molecule has 0 aliphatic carbocycles. The van der Waals surface area contributed by atoms with Crippen LogP contribution < -0.4 is 4.72 Å². The fourth-order valence-electron chi connectivity index (χ4n) is 2.13. The van der Waals surface area contributed by atoms with Crippen LogP contribution in [0.5, 0.6) is 0 Å². The fourth-order valence-corrected chi connectivity index (χ4v) is 3.19. The van der Waals surface area contributed by atoms with Gasteiger partial charge in [0.15, 0.2) is 0 Å². The Balaban J connectivity index is 3.24. The largest absolute Gasteiger partial charge is 0.480 e. The molecule has 0 radical (unpaired) electrons. The van der Waals surface area contributed by atoms with E-state index < -0.39 is 28.4 Å². The quantitative estimate of drug-likeness (QED) is 0.739. The minimum absolute atomic E-state index is 0.0138. The Morgan fingerprint density at radius 2 is 1.91 bits per heavy atom. The maximum Gasteiger partial charge on any atom is 0.323 e. The molecule has 0 saturated carbocycles. The molecule has 2 N–H and O–H groups in total. The summed E-state index contributed by atoms with van der Waals surface area (Å²) in [6, 6.07) is 4.26. The summed E-state index contributed by atoms with van der Waals surface area (Å²) in [6.07, 6.45) is 0.605. The Hall–Kier alpha value is -1.93. The Morgan fingerprint density at radius 1 is 1.26 bits per heavy atom. The average Bonchev–Trinajstić information content (AvgIpc) is 2.46. The molecule has 7 nitrogen and oxygen atoms in total. The lowest BCUT2D eigenvalue weighted by Crippen LogP contribution is -2.36. The summed E-state index contributed by atoms with van der Waals surface area (Å²) in [5.41, 5.74) is 0.788. The van der Waals surface area contributed by atoms with Gasteiger partial charge in [-0.1, -0.05) is 19.9 Å². The van der Waals surface area contributed by atoms with E-state index in [2.05, 4.69) is 4.72 Å². The molecule has 23 heavy (non-hydrogen) atoms. The van der Waals surface area contributed by atoms with Gasteiger partial charge in [0.25, 0.3) is 5.91 Å². The first-order chi connectivity index (χ1) is 10.7. The van der Waals surface area contributed by atoms with Gasteiger partial charge in [0.2, 0.25) is 10.0 Å². The molecule has 1 aromatic carbocycles. The van der Waals surface area contributed by atoms with E-state index >= 15 is 0 Å². The molecule has 1 rings (SSSR count). The zero-order valence-corrected chi connectivity index (χ0v) is 14.3. The molecule has 0 atom stereocenters. The molecular weight excluding hydrogens is 320 g/mol. The first-order valence-corrected chi connectivity index (χ1v) is 8.82. The first-order valence-electron chi connectivity index (χ1n) is 7.34. The van der Waals surface area contributed by atoms with Crippen molar-refractivity contribution in [3.8, 4) is 0 Å². The van der Waals surface area contributed by atoms with Gasteiger partial charge in [0.05, 0.1) is 4.90 Å². The van der Waals surface area contributed by atoms with E-state index in [0.29, 0.717) is 12.0 Å². The number of amides is 1. The molecule has 1 amide bonds. The zero-order valence-electron chi connectivity index (χ0n) is 13.5. The Kier molecular flexibility index (Phi) is 6.71. The normalized spacial score (nSPS) is 11.3. The summed E-state index contributed by atoms with van der Waals surface area (Å²) in [5, 5.41) is 8.93. The summed E-state index contributed by atoms with van der Waals surface area (Å²) in [7, 11) is -3.68. The Labute approximate surface area is 136 Å². The van der Waals surface area contributed by atoms with Crippen LogP contribution in [0.1, 0.15) is 36.2 Å². The molecule has 0 bridgehead atoms. The number of rotatable bonds is 8. The molecule has 0 heterocycles. The minimum Gasteiger partial charge on any atom is -0.480 e. The van der Waals surface area contributed by atoms with Gasteiger partial charge in [-0.15, -0.1) is 0 Å². The van der Waals surface area contributed by atoms with Crippen molar-refractivity contribution in [1.82, 2.24) is 9.62 Å². The highest BCUT2D eigenvalue weighted by molar-refractivity contribution is 7.89. The monoisotopic (exact) mass is 342 g/mol. The van der Waals surface area contributed by atoms with Gasteiger partial charge in [-0.2, -0.15) is 0 Å². The zero-order chi connectivity index (χ0) is 17.6. The van der Waals surface area contributed by atoms with Gasteiger partial charge in [-0.3, -0.25) is 9.59 Å². The SMILES string of the molecule is CCCN(CC(=O)O)C(=O)c1cc(S(=O)(=O)NCC)ccc1C. The van der Waals surface area contributed by atoms with Crippen LogP contribution in [-0.4, -0.2) is 49.9 Å². The van der Waals surface area contributed by atoms with Crippen LogP contribution in [0.25, 0.3) is 0 Å². The van der Waals surface area contributed by atoms with Gasteiger partial charge in [-0.05, 0) is 31.0 Å². The van der Waals surface area contributed by atoms with E-state index in [9.17, 15) is 18.0 Å². The van der Waals surface area contributed by atoms with Gasteiger partial charge >= 0.3 is 5.97 Å². The predicted molar refractivity (Wildman–Crippen MR) is 85.9 cm³/mol. The minimum atomic E-state index is -3.68. The number of hydrogen-bond acceptors (Lipinski definition) is 4. The van der Waals surface area contributed by atoms with Crippen molar-refractivity contribution in [1.29, 1.82) is 0 Å². The fraction of sp³-hybridized carbons (Fsp3) is 0.467. The predicted octanol–water partition coefficient (Wildman–Crippen LogP) is 1.23. The summed E-state index contributed by atoms with van der Waals surface area (Å²) in [4.78, 5) is 24.7. The third-order valence-electron chi connectivity index (χ3n) is 3.19. The number of carboxylic acid groups (broad SMARTS) is 1. The second-order valence-corrected chi connectivity index (χ2v) is 6.87. The molecule has 0 fully saturated rings. The lowest BCUT2D eigenvalue weighted by atomic mass is 10.1. The number of sulfonamides is 1. The Bertz CT molecular complexity index is 685. The number of aliphatic carboxylic acids is 1. The molecular formula is C15H22N2O5S.